The number of hydrogen-bond donors (Lipinski definition) is 0. The van der Waals surface area contributed by atoms with Crippen LogP contribution in [0.1, 0.15) is 35.7 Å². The number of rotatable bonds is 8. The second-order valence-corrected chi connectivity index (χ2v) is 8.95. The molecule has 1 amide bonds. The van der Waals surface area contributed by atoms with Gasteiger partial charge in [0.15, 0.2) is 6.61 Å². The highest BCUT2D eigenvalue weighted by atomic mass is 32.2. The smallest absolute Gasteiger partial charge is 0.338 e. The number of esters is 2. The van der Waals surface area contributed by atoms with Gasteiger partial charge < -0.3 is 14.4 Å². The highest BCUT2D eigenvalue weighted by Crippen LogP contribution is 2.35. The predicted octanol–water partition coefficient (Wildman–Crippen LogP) is 4.01. The molecule has 0 atom stereocenters. The van der Waals surface area contributed by atoms with Crippen LogP contribution in [0.2, 0.25) is 0 Å². The van der Waals surface area contributed by atoms with Crippen LogP contribution >= 0.6 is 11.8 Å². The Morgan fingerprint density at radius 1 is 1.09 bits per heavy atom. The first kappa shape index (κ1) is 25.2. The molecule has 180 valence electrons. The lowest BCUT2D eigenvalue weighted by molar-refractivity contribution is -0.387. The van der Waals surface area contributed by atoms with Crippen molar-refractivity contribution in [3.8, 4) is 0 Å². The molecule has 2 aromatic rings. The van der Waals surface area contributed by atoms with Crippen LogP contribution in [0.5, 0.6) is 0 Å². The second-order valence-electron chi connectivity index (χ2n) is 7.84. The van der Waals surface area contributed by atoms with Gasteiger partial charge in [-0.2, -0.15) is 0 Å². The van der Waals surface area contributed by atoms with Crippen molar-refractivity contribution in [3.05, 3.63) is 63.7 Å². The van der Waals surface area contributed by atoms with Gasteiger partial charge in [0.05, 0.1) is 27.9 Å². The van der Waals surface area contributed by atoms with Gasteiger partial charge in [-0.15, -0.1) is 0 Å². The molecule has 10 heteroatoms. The van der Waals surface area contributed by atoms with Gasteiger partial charge in [-0.1, -0.05) is 29.5 Å². The number of carbonyl (C=O) groups is 3. The molecule has 0 unspecified atom stereocenters. The van der Waals surface area contributed by atoms with E-state index in [-0.39, 0.29) is 29.0 Å². The molecular formula is C24H26N2O7S. The van der Waals surface area contributed by atoms with E-state index in [0.717, 1.165) is 16.5 Å². The molecule has 9 nitrogen and oxygen atoms in total. The first-order chi connectivity index (χ1) is 16.3. The molecule has 1 aliphatic heterocycles. The summed E-state index contributed by atoms with van der Waals surface area (Å²) in [6.45, 7) is 4.28. The van der Waals surface area contributed by atoms with Gasteiger partial charge >= 0.3 is 11.9 Å². The summed E-state index contributed by atoms with van der Waals surface area (Å²) in [6, 6.07) is 11.7. The highest BCUT2D eigenvalue weighted by Gasteiger charge is 2.29. The van der Waals surface area contributed by atoms with Gasteiger partial charge in [-0.05, 0) is 51.0 Å². The lowest BCUT2D eigenvalue weighted by Gasteiger charge is -2.30. The number of amides is 1. The van der Waals surface area contributed by atoms with E-state index in [2.05, 4.69) is 0 Å². The number of hydrogen-bond acceptors (Lipinski definition) is 8. The number of nitrogens with zero attached hydrogens (tertiary/aromatic N) is 2. The number of likely N-dealkylation sites (tertiary alicyclic amines) is 1. The van der Waals surface area contributed by atoms with Crippen molar-refractivity contribution in [1.82, 2.24) is 4.90 Å². The van der Waals surface area contributed by atoms with E-state index < -0.39 is 17.5 Å². The third kappa shape index (κ3) is 6.57. The van der Waals surface area contributed by atoms with Crippen molar-refractivity contribution in [2.45, 2.75) is 36.5 Å². The van der Waals surface area contributed by atoms with Gasteiger partial charge in [-0.25, -0.2) is 4.79 Å². The van der Waals surface area contributed by atoms with Crippen molar-refractivity contribution in [3.63, 3.8) is 0 Å². The Morgan fingerprint density at radius 3 is 2.38 bits per heavy atom. The maximum absolute atomic E-state index is 12.4. The van der Waals surface area contributed by atoms with Crippen molar-refractivity contribution in [2.24, 2.45) is 5.92 Å². The van der Waals surface area contributed by atoms with Crippen molar-refractivity contribution >= 4 is 35.3 Å². The van der Waals surface area contributed by atoms with Crippen molar-refractivity contribution in [1.29, 1.82) is 0 Å². The van der Waals surface area contributed by atoms with Crippen LogP contribution in [-0.2, 0) is 19.1 Å². The molecule has 0 spiro atoms. The van der Waals surface area contributed by atoms with Gasteiger partial charge in [-0.3, -0.25) is 19.7 Å². The van der Waals surface area contributed by atoms with Crippen LogP contribution in [0.15, 0.2) is 52.3 Å². The lowest BCUT2D eigenvalue weighted by atomic mass is 9.97. The zero-order chi connectivity index (χ0) is 24.7. The van der Waals surface area contributed by atoms with Crippen LogP contribution < -0.4 is 0 Å². The third-order valence-electron chi connectivity index (χ3n) is 5.43. The minimum atomic E-state index is -0.815. The fraction of sp³-hybridized carbons (Fsp3) is 0.375. The Labute approximate surface area is 201 Å². The topological polar surface area (TPSA) is 116 Å². The number of nitro groups is 1. The average Bonchev–Trinajstić information content (AvgIpc) is 2.84. The largest absolute Gasteiger partial charge is 0.466 e. The summed E-state index contributed by atoms with van der Waals surface area (Å²) in [5, 5.41) is 11.6. The molecule has 1 fully saturated rings. The number of aryl methyl sites for hydroxylation is 1. The van der Waals surface area contributed by atoms with Gasteiger partial charge in [0, 0.05) is 24.1 Å². The Morgan fingerprint density at radius 2 is 1.76 bits per heavy atom. The molecule has 1 heterocycles. The summed E-state index contributed by atoms with van der Waals surface area (Å²) < 4.78 is 10.1. The summed E-state index contributed by atoms with van der Waals surface area (Å²) in [5.41, 5.74) is 0.857. The Hall–Kier alpha value is -3.40. The Kier molecular flexibility index (Phi) is 8.64. The first-order valence-corrected chi connectivity index (χ1v) is 11.7. The standard InChI is InChI=1S/C24H26N2O7S/c1-3-32-23(28)17-10-12-25(13-11-17)22(27)15-33-24(29)18-6-9-21(20(14-18)26(30)31)34-19-7-4-16(2)5-8-19/h4-9,14,17H,3,10-13,15H2,1-2H3. The lowest BCUT2D eigenvalue weighted by Crippen LogP contribution is -2.42. The summed E-state index contributed by atoms with van der Waals surface area (Å²) in [4.78, 5) is 50.5. The van der Waals surface area contributed by atoms with E-state index in [1.54, 1.807) is 6.92 Å². The fourth-order valence-electron chi connectivity index (χ4n) is 3.53. The second kappa shape index (κ2) is 11.6. The van der Waals surface area contributed by atoms with E-state index in [1.807, 2.05) is 31.2 Å². The van der Waals surface area contributed by atoms with E-state index in [9.17, 15) is 24.5 Å². The molecule has 1 saturated heterocycles. The number of piperidine rings is 1. The molecule has 1 aliphatic rings. The summed E-state index contributed by atoms with van der Waals surface area (Å²) in [7, 11) is 0. The Bertz CT molecular complexity index is 1060. The maximum atomic E-state index is 12.4. The van der Waals surface area contributed by atoms with E-state index in [1.165, 1.54) is 28.8 Å². The molecule has 0 bridgehead atoms. The minimum absolute atomic E-state index is 0.00576. The first-order valence-electron chi connectivity index (χ1n) is 10.9. The minimum Gasteiger partial charge on any atom is -0.466 e. The molecule has 3 rings (SSSR count). The third-order valence-corrected chi connectivity index (χ3v) is 6.51. The van der Waals surface area contributed by atoms with E-state index in [0.29, 0.717) is 37.4 Å². The normalized spacial score (nSPS) is 13.9. The van der Waals surface area contributed by atoms with Gasteiger partial charge in [0.2, 0.25) is 0 Å². The molecule has 34 heavy (non-hydrogen) atoms. The van der Waals surface area contributed by atoms with Crippen molar-refractivity contribution in [2.75, 3.05) is 26.3 Å². The van der Waals surface area contributed by atoms with Gasteiger partial charge in [0.1, 0.15) is 0 Å². The predicted molar refractivity (Wildman–Crippen MR) is 125 cm³/mol. The zero-order valence-electron chi connectivity index (χ0n) is 19.0. The molecule has 0 aliphatic carbocycles. The summed E-state index contributed by atoms with van der Waals surface area (Å²) in [5.74, 6) is -1.68. The number of benzene rings is 2. The van der Waals surface area contributed by atoms with Crippen LogP contribution in [-0.4, -0.2) is 54.0 Å². The van der Waals surface area contributed by atoms with E-state index in [4.69, 9.17) is 9.47 Å². The molecule has 0 saturated carbocycles. The summed E-state index contributed by atoms with van der Waals surface area (Å²) >= 11 is 1.23. The molecule has 0 aromatic heterocycles. The summed E-state index contributed by atoms with van der Waals surface area (Å²) in [6.07, 6.45) is 0.982. The number of ether oxygens (including phenoxy) is 2. The maximum Gasteiger partial charge on any atom is 0.338 e. The van der Waals surface area contributed by atoms with Crippen molar-refractivity contribution < 1.29 is 28.8 Å². The number of carbonyl (C=O) groups excluding carboxylic acids is 3. The van der Waals surface area contributed by atoms with Crippen LogP contribution in [0.3, 0.4) is 0 Å². The monoisotopic (exact) mass is 486 g/mol. The van der Waals surface area contributed by atoms with Crippen LogP contribution in [0, 0.1) is 23.0 Å². The quantitative estimate of drug-likeness (QED) is 0.312. The van der Waals surface area contributed by atoms with Crippen LogP contribution in [0.25, 0.3) is 0 Å². The fourth-order valence-corrected chi connectivity index (χ4v) is 4.43. The number of nitro benzene ring substituents is 1. The Balaban J connectivity index is 1.57. The molecule has 2 aromatic carbocycles. The zero-order valence-corrected chi connectivity index (χ0v) is 19.8. The van der Waals surface area contributed by atoms with E-state index >= 15 is 0 Å². The van der Waals surface area contributed by atoms with Gasteiger partial charge in [0.25, 0.3) is 11.6 Å². The van der Waals surface area contributed by atoms with Crippen LogP contribution in [0.4, 0.5) is 5.69 Å². The molecular weight excluding hydrogens is 460 g/mol. The average molecular weight is 487 g/mol. The SMILES string of the molecule is CCOC(=O)C1CCN(C(=O)COC(=O)c2ccc(Sc3ccc(C)cc3)c([N+](=O)[O-])c2)CC1. The highest BCUT2D eigenvalue weighted by molar-refractivity contribution is 7.99. The molecule has 0 radical (unpaired) electrons. The molecule has 0 N–H and O–H groups in total.